The Balaban J connectivity index is 2.23. The lowest BCUT2D eigenvalue weighted by Gasteiger charge is -2.22. The fraction of sp³-hybridized carbons (Fsp3) is 0.294. The van der Waals surface area contributed by atoms with Gasteiger partial charge in [0, 0.05) is 6.42 Å². The van der Waals surface area contributed by atoms with Crippen LogP contribution in [0.5, 0.6) is 11.5 Å². The Labute approximate surface area is 135 Å². The standard InChI is InChI=1S/C17H20ClNO3/c1-21-14-9-8-12(15(18)17(14)22-2)16(19)13(20)10-11-6-4-3-5-7-11/h3-9,13,16,20H,10,19H2,1-2H3/t13-,16+/m1/s1. The Kier molecular flexibility index (Phi) is 5.66. The second kappa shape index (κ2) is 7.49. The van der Waals surface area contributed by atoms with Gasteiger partial charge in [0.1, 0.15) is 0 Å². The third-order valence-corrected chi connectivity index (χ3v) is 3.97. The second-order valence-corrected chi connectivity index (χ2v) is 5.37. The molecule has 0 amide bonds. The quantitative estimate of drug-likeness (QED) is 0.858. The van der Waals surface area contributed by atoms with Gasteiger partial charge in [0.05, 0.1) is 31.4 Å². The Bertz CT molecular complexity index is 619. The molecule has 4 nitrogen and oxygen atoms in total. The average Bonchev–Trinajstić information content (AvgIpc) is 2.54. The molecule has 0 heterocycles. The summed E-state index contributed by atoms with van der Waals surface area (Å²) in [6, 6.07) is 12.6. The molecule has 0 unspecified atom stereocenters. The monoisotopic (exact) mass is 321 g/mol. The van der Waals surface area contributed by atoms with E-state index in [9.17, 15) is 5.11 Å². The summed E-state index contributed by atoms with van der Waals surface area (Å²) < 4.78 is 10.5. The number of benzene rings is 2. The van der Waals surface area contributed by atoms with Crippen LogP contribution in [-0.2, 0) is 6.42 Å². The maximum absolute atomic E-state index is 10.4. The predicted molar refractivity (Wildman–Crippen MR) is 87.6 cm³/mol. The van der Waals surface area contributed by atoms with E-state index in [1.165, 1.54) is 14.2 Å². The molecular weight excluding hydrogens is 302 g/mol. The van der Waals surface area contributed by atoms with E-state index in [0.717, 1.165) is 5.56 Å². The highest BCUT2D eigenvalue weighted by molar-refractivity contribution is 6.33. The molecule has 2 atom stereocenters. The first-order chi connectivity index (χ1) is 10.6. The zero-order valence-corrected chi connectivity index (χ0v) is 13.4. The summed E-state index contributed by atoms with van der Waals surface area (Å²) in [5.74, 6) is 0.949. The number of aliphatic hydroxyl groups excluding tert-OH is 1. The van der Waals surface area contributed by atoms with E-state index in [1.807, 2.05) is 30.3 Å². The molecule has 0 saturated heterocycles. The molecule has 0 saturated carbocycles. The van der Waals surface area contributed by atoms with Crippen molar-refractivity contribution in [3.8, 4) is 11.5 Å². The molecule has 0 aromatic heterocycles. The molecule has 0 radical (unpaired) electrons. The number of rotatable bonds is 6. The van der Waals surface area contributed by atoms with Gasteiger partial charge >= 0.3 is 0 Å². The molecule has 2 rings (SSSR count). The maximum Gasteiger partial charge on any atom is 0.179 e. The minimum Gasteiger partial charge on any atom is -0.493 e. The SMILES string of the molecule is COc1ccc([C@H](N)[C@H](O)Cc2ccccc2)c(Cl)c1OC. The number of methoxy groups -OCH3 is 2. The molecule has 118 valence electrons. The van der Waals surface area contributed by atoms with E-state index in [1.54, 1.807) is 12.1 Å². The summed E-state index contributed by atoms with van der Waals surface area (Å²) in [7, 11) is 3.05. The number of hydrogen-bond acceptors (Lipinski definition) is 4. The van der Waals surface area contributed by atoms with Crippen molar-refractivity contribution in [1.29, 1.82) is 0 Å². The first-order valence-corrected chi connectivity index (χ1v) is 7.34. The van der Waals surface area contributed by atoms with Crippen molar-refractivity contribution in [2.24, 2.45) is 5.73 Å². The zero-order valence-electron chi connectivity index (χ0n) is 12.6. The average molecular weight is 322 g/mol. The lowest BCUT2D eigenvalue weighted by atomic mass is 9.96. The molecule has 5 heteroatoms. The lowest BCUT2D eigenvalue weighted by molar-refractivity contribution is 0.145. The lowest BCUT2D eigenvalue weighted by Crippen LogP contribution is -2.28. The van der Waals surface area contributed by atoms with Crippen molar-refractivity contribution in [1.82, 2.24) is 0 Å². The Morgan fingerprint density at radius 3 is 2.36 bits per heavy atom. The van der Waals surface area contributed by atoms with E-state index >= 15 is 0 Å². The highest BCUT2D eigenvalue weighted by Gasteiger charge is 2.23. The van der Waals surface area contributed by atoms with Gasteiger partial charge in [-0.15, -0.1) is 0 Å². The van der Waals surface area contributed by atoms with Crippen LogP contribution in [0.4, 0.5) is 0 Å². The molecule has 2 aromatic carbocycles. The number of nitrogens with two attached hydrogens (primary N) is 1. The van der Waals surface area contributed by atoms with Crippen molar-refractivity contribution in [2.45, 2.75) is 18.6 Å². The van der Waals surface area contributed by atoms with Crippen LogP contribution < -0.4 is 15.2 Å². The van der Waals surface area contributed by atoms with Crippen molar-refractivity contribution >= 4 is 11.6 Å². The fourth-order valence-electron chi connectivity index (χ4n) is 2.35. The van der Waals surface area contributed by atoms with Crippen molar-refractivity contribution in [3.05, 3.63) is 58.6 Å². The van der Waals surface area contributed by atoms with Crippen LogP contribution in [0, 0.1) is 0 Å². The molecule has 0 spiro atoms. The van der Waals surface area contributed by atoms with E-state index in [2.05, 4.69) is 0 Å². The third-order valence-electron chi connectivity index (χ3n) is 3.58. The minimum atomic E-state index is -0.752. The maximum atomic E-state index is 10.4. The summed E-state index contributed by atoms with van der Waals surface area (Å²) >= 11 is 6.34. The first kappa shape index (κ1) is 16.6. The molecule has 0 bridgehead atoms. The van der Waals surface area contributed by atoms with Gasteiger partial charge in [0.25, 0.3) is 0 Å². The van der Waals surface area contributed by atoms with Gasteiger partial charge in [0.15, 0.2) is 11.5 Å². The molecule has 0 aliphatic carbocycles. The Morgan fingerprint density at radius 1 is 1.09 bits per heavy atom. The van der Waals surface area contributed by atoms with Crippen LogP contribution >= 0.6 is 11.6 Å². The van der Waals surface area contributed by atoms with Gasteiger partial charge in [-0.25, -0.2) is 0 Å². The smallest absolute Gasteiger partial charge is 0.179 e. The molecular formula is C17H20ClNO3. The number of halogens is 1. The predicted octanol–water partition coefficient (Wildman–Crippen LogP) is 2.96. The number of hydrogen-bond donors (Lipinski definition) is 2. The fourth-order valence-corrected chi connectivity index (χ4v) is 2.71. The van der Waals surface area contributed by atoms with Crippen LogP contribution in [0.2, 0.25) is 5.02 Å². The van der Waals surface area contributed by atoms with Gasteiger partial charge in [-0.3, -0.25) is 0 Å². The summed E-state index contributed by atoms with van der Waals surface area (Å²) in [6.07, 6.45) is -0.301. The van der Waals surface area contributed by atoms with E-state index in [4.69, 9.17) is 26.8 Å². The third kappa shape index (κ3) is 3.53. The number of aliphatic hydroxyl groups is 1. The van der Waals surface area contributed by atoms with E-state index in [-0.39, 0.29) is 0 Å². The second-order valence-electron chi connectivity index (χ2n) is 4.99. The summed E-state index contributed by atoms with van der Waals surface area (Å²) in [5.41, 5.74) is 7.81. The van der Waals surface area contributed by atoms with Crippen LogP contribution in [0.25, 0.3) is 0 Å². The molecule has 2 aromatic rings. The van der Waals surface area contributed by atoms with Gasteiger partial charge in [0.2, 0.25) is 0 Å². The Morgan fingerprint density at radius 2 is 1.77 bits per heavy atom. The topological polar surface area (TPSA) is 64.7 Å². The van der Waals surface area contributed by atoms with Crippen molar-refractivity contribution in [3.63, 3.8) is 0 Å². The van der Waals surface area contributed by atoms with Gasteiger partial charge in [-0.1, -0.05) is 48.0 Å². The molecule has 22 heavy (non-hydrogen) atoms. The van der Waals surface area contributed by atoms with Crippen molar-refractivity contribution < 1.29 is 14.6 Å². The van der Waals surface area contributed by atoms with Gasteiger partial charge in [-0.05, 0) is 17.2 Å². The number of ether oxygens (including phenoxy) is 2. The highest BCUT2D eigenvalue weighted by atomic mass is 35.5. The Hall–Kier alpha value is -1.75. The summed E-state index contributed by atoms with van der Waals surface area (Å²) in [4.78, 5) is 0. The van der Waals surface area contributed by atoms with Gasteiger partial charge < -0.3 is 20.3 Å². The van der Waals surface area contributed by atoms with Crippen LogP contribution in [0.15, 0.2) is 42.5 Å². The first-order valence-electron chi connectivity index (χ1n) is 6.96. The van der Waals surface area contributed by atoms with Crippen LogP contribution in [0.1, 0.15) is 17.2 Å². The normalized spacial score (nSPS) is 13.5. The zero-order chi connectivity index (χ0) is 16.1. The van der Waals surface area contributed by atoms with Crippen LogP contribution in [-0.4, -0.2) is 25.4 Å². The van der Waals surface area contributed by atoms with Crippen LogP contribution in [0.3, 0.4) is 0 Å². The van der Waals surface area contributed by atoms with Gasteiger partial charge in [-0.2, -0.15) is 0 Å². The molecule has 0 aliphatic heterocycles. The minimum absolute atomic E-state index is 0.362. The molecule has 3 N–H and O–H groups in total. The summed E-state index contributed by atoms with van der Waals surface area (Å²) in [5, 5.41) is 10.7. The summed E-state index contributed by atoms with van der Waals surface area (Å²) in [6.45, 7) is 0. The van der Waals surface area contributed by atoms with E-state index < -0.39 is 12.1 Å². The largest absolute Gasteiger partial charge is 0.493 e. The highest BCUT2D eigenvalue weighted by Crippen LogP contribution is 2.39. The molecule has 0 fully saturated rings. The van der Waals surface area contributed by atoms with Crippen molar-refractivity contribution in [2.75, 3.05) is 14.2 Å². The van der Waals surface area contributed by atoms with E-state index in [0.29, 0.717) is 28.5 Å². The molecule has 0 aliphatic rings.